The van der Waals surface area contributed by atoms with Crippen molar-refractivity contribution in [3.8, 4) is 17.2 Å². The fraction of sp³-hybridized carbons (Fsp3) is 0.333. The fourth-order valence-electron chi connectivity index (χ4n) is 3.31. The van der Waals surface area contributed by atoms with E-state index >= 15 is 0 Å². The lowest BCUT2D eigenvalue weighted by Gasteiger charge is -2.36. The number of benzene rings is 2. The molecule has 23 heavy (non-hydrogen) atoms. The van der Waals surface area contributed by atoms with Gasteiger partial charge in [0.25, 0.3) is 0 Å². The van der Waals surface area contributed by atoms with E-state index in [1.165, 1.54) is 5.56 Å². The maximum absolute atomic E-state index is 5.70. The molecule has 2 aliphatic heterocycles. The van der Waals surface area contributed by atoms with E-state index in [1.54, 1.807) is 7.11 Å². The van der Waals surface area contributed by atoms with Crippen molar-refractivity contribution >= 4 is 5.69 Å². The second-order valence-electron chi connectivity index (χ2n) is 5.86. The van der Waals surface area contributed by atoms with Crippen molar-refractivity contribution in [2.24, 2.45) is 0 Å². The summed E-state index contributed by atoms with van der Waals surface area (Å²) in [6.45, 7) is 1.22. The Balaban J connectivity index is 1.80. The lowest BCUT2D eigenvalue weighted by atomic mass is 9.94. The molecule has 5 heteroatoms. The number of hydrogen-bond acceptors (Lipinski definition) is 5. The molecular weight excluding hydrogens is 292 g/mol. The normalized spacial score (nSPS) is 19.3. The van der Waals surface area contributed by atoms with E-state index in [4.69, 9.17) is 14.2 Å². The second kappa shape index (κ2) is 5.66. The highest BCUT2D eigenvalue weighted by Crippen LogP contribution is 2.49. The average molecular weight is 312 g/mol. The van der Waals surface area contributed by atoms with E-state index in [1.807, 2.05) is 18.2 Å². The molecule has 0 aliphatic carbocycles. The molecule has 0 radical (unpaired) electrons. The summed E-state index contributed by atoms with van der Waals surface area (Å²) >= 11 is 0. The molecule has 0 unspecified atom stereocenters. The van der Waals surface area contributed by atoms with Gasteiger partial charge in [-0.15, -0.1) is 0 Å². The molecule has 0 fully saturated rings. The molecule has 0 bridgehead atoms. The topological polar surface area (TPSA) is 43.0 Å². The van der Waals surface area contributed by atoms with Crippen LogP contribution in [0.1, 0.15) is 17.3 Å². The molecule has 4 rings (SSSR count). The first-order valence-corrected chi connectivity index (χ1v) is 7.79. The predicted octanol–water partition coefficient (Wildman–Crippen LogP) is 3.02. The third-order valence-corrected chi connectivity index (χ3v) is 4.47. The van der Waals surface area contributed by atoms with E-state index in [-0.39, 0.29) is 13.0 Å². The molecular formula is C18H20N2O3. The minimum atomic E-state index is 0.0330. The minimum absolute atomic E-state index is 0.0330. The first-order chi connectivity index (χ1) is 11.3. The molecule has 0 aromatic heterocycles. The number of ether oxygens (including phenoxy) is 3. The predicted molar refractivity (Wildman–Crippen MR) is 88.3 cm³/mol. The molecule has 2 aliphatic rings. The number of fused-ring (bicyclic) bond motifs is 2. The Morgan fingerprint density at radius 2 is 2.04 bits per heavy atom. The van der Waals surface area contributed by atoms with Crippen LogP contribution in [0.3, 0.4) is 0 Å². The van der Waals surface area contributed by atoms with E-state index in [0.717, 1.165) is 35.7 Å². The summed E-state index contributed by atoms with van der Waals surface area (Å²) in [4.78, 5) is 2.29. The van der Waals surface area contributed by atoms with Crippen LogP contribution in [0.15, 0.2) is 36.4 Å². The fourth-order valence-corrected chi connectivity index (χ4v) is 3.31. The molecule has 0 spiro atoms. The highest BCUT2D eigenvalue weighted by Gasteiger charge is 2.33. The Morgan fingerprint density at radius 3 is 2.83 bits per heavy atom. The summed E-state index contributed by atoms with van der Waals surface area (Å²) in [5, 5.41) is 3.60. The van der Waals surface area contributed by atoms with E-state index < -0.39 is 0 Å². The number of nitrogens with one attached hydrogen (secondary N) is 1. The molecule has 1 atom stereocenters. The number of para-hydroxylation sites is 1. The number of hydrogen-bond donors (Lipinski definition) is 1. The Labute approximate surface area is 135 Å². The highest BCUT2D eigenvalue weighted by molar-refractivity contribution is 5.63. The molecule has 0 saturated heterocycles. The smallest absolute Gasteiger partial charge is 0.231 e. The molecule has 120 valence electrons. The van der Waals surface area contributed by atoms with Crippen LogP contribution >= 0.6 is 0 Å². The second-order valence-corrected chi connectivity index (χ2v) is 5.86. The summed E-state index contributed by atoms with van der Waals surface area (Å²) in [5.41, 5.74) is 3.46. The van der Waals surface area contributed by atoms with Gasteiger partial charge in [-0.2, -0.15) is 0 Å². The maximum atomic E-state index is 5.70. The van der Waals surface area contributed by atoms with Gasteiger partial charge in [-0.3, -0.25) is 4.90 Å². The van der Waals surface area contributed by atoms with Crippen LogP contribution in [0.2, 0.25) is 0 Å². The average Bonchev–Trinajstić information content (AvgIpc) is 3.04. The van der Waals surface area contributed by atoms with Crippen LogP contribution in [0, 0.1) is 0 Å². The Morgan fingerprint density at radius 1 is 1.22 bits per heavy atom. The van der Waals surface area contributed by atoms with Gasteiger partial charge in [0.2, 0.25) is 12.5 Å². The molecule has 0 amide bonds. The van der Waals surface area contributed by atoms with Gasteiger partial charge in [0.05, 0.1) is 7.11 Å². The van der Waals surface area contributed by atoms with E-state index in [2.05, 4.69) is 35.5 Å². The molecule has 0 saturated carbocycles. The van der Waals surface area contributed by atoms with Crippen molar-refractivity contribution in [1.29, 1.82) is 0 Å². The van der Waals surface area contributed by atoms with Crippen molar-refractivity contribution < 1.29 is 14.2 Å². The van der Waals surface area contributed by atoms with Crippen LogP contribution in [-0.2, 0) is 6.42 Å². The first kappa shape index (κ1) is 14.2. The van der Waals surface area contributed by atoms with E-state index in [0.29, 0.717) is 5.75 Å². The summed E-state index contributed by atoms with van der Waals surface area (Å²) in [6.07, 6.45) is 0.997. The molecule has 1 N–H and O–H groups in total. The lowest BCUT2D eigenvalue weighted by Crippen LogP contribution is -2.37. The zero-order chi connectivity index (χ0) is 15.8. The van der Waals surface area contributed by atoms with Gasteiger partial charge in [-0.05, 0) is 37.2 Å². The summed E-state index contributed by atoms with van der Waals surface area (Å²) < 4.78 is 16.9. The zero-order valence-electron chi connectivity index (χ0n) is 13.3. The molecule has 5 nitrogen and oxygen atoms in total. The van der Waals surface area contributed by atoms with Crippen molar-refractivity contribution in [2.75, 3.05) is 32.8 Å². The standard InChI is InChI=1S/C18H20N2O3/c1-20-9-8-12-10-14-16(23-11-22-14)17(21-2)15(12)18(20)19-13-6-4-3-5-7-13/h3-7,10,18-19H,8-9,11H2,1-2H3/t18-/m0/s1. The van der Waals surface area contributed by atoms with Crippen molar-refractivity contribution in [1.82, 2.24) is 4.90 Å². The summed E-state index contributed by atoms with van der Waals surface area (Å²) in [6, 6.07) is 12.3. The van der Waals surface area contributed by atoms with Gasteiger partial charge in [0.1, 0.15) is 6.17 Å². The zero-order valence-corrected chi connectivity index (χ0v) is 13.3. The largest absolute Gasteiger partial charge is 0.492 e. The molecule has 2 heterocycles. The van der Waals surface area contributed by atoms with Crippen LogP contribution in [-0.4, -0.2) is 32.4 Å². The quantitative estimate of drug-likeness (QED) is 0.943. The molecule has 2 aromatic carbocycles. The first-order valence-electron chi connectivity index (χ1n) is 7.79. The third-order valence-electron chi connectivity index (χ3n) is 4.47. The Kier molecular flexibility index (Phi) is 3.50. The lowest BCUT2D eigenvalue weighted by molar-refractivity contribution is 0.170. The Bertz CT molecular complexity index is 718. The highest BCUT2D eigenvalue weighted by atomic mass is 16.7. The SMILES string of the molecule is COc1c2c(cc3c1[C@@H](Nc1ccccc1)N(C)CC3)OCO2. The van der Waals surface area contributed by atoms with Gasteiger partial charge in [-0.1, -0.05) is 18.2 Å². The monoisotopic (exact) mass is 312 g/mol. The third kappa shape index (κ3) is 2.37. The van der Waals surface area contributed by atoms with Crippen molar-refractivity contribution in [3.05, 3.63) is 47.5 Å². The summed E-state index contributed by atoms with van der Waals surface area (Å²) in [7, 11) is 3.80. The number of anilines is 1. The number of methoxy groups -OCH3 is 1. The maximum Gasteiger partial charge on any atom is 0.231 e. The number of nitrogens with zero attached hydrogens (tertiary/aromatic N) is 1. The van der Waals surface area contributed by atoms with Crippen molar-refractivity contribution in [3.63, 3.8) is 0 Å². The summed E-state index contributed by atoms with van der Waals surface area (Å²) in [5.74, 6) is 2.26. The van der Waals surface area contributed by atoms with Gasteiger partial charge in [-0.25, -0.2) is 0 Å². The van der Waals surface area contributed by atoms with Crippen LogP contribution in [0.5, 0.6) is 17.2 Å². The van der Waals surface area contributed by atoms with Gasteiger partial charge < -0.3 is 19.5 Å². The van der Waals surface area contributed by atoms with Gasteiger partial charge in [0, 0.05) is 17.8 Å². The molecule has 2 aromatic rings. The van der Waals surface area contributed by atoms with Crippen molar-refractivity contribution in [2.45, 2.75) is 12.6 Å². The van der Waals surface area contributed by atoms with E-state index in [9.17, 15) is 0 Å². The van der Waals surface area contributed by atoms with Crippen LogP contribution < -0.4 is 19.5 Å². The Hall–Kier alpha value is -2.40. The minimum Gasteiger partial charge on any atom is -0.492 e. The number of likely N-dealkylation sites (N-methyl/N-ethyl adjacent to an activating group) is 1. The van der Waals surface area contributed by atoms with Gasteiger partial charge >= 0.3 is 0 Å². The van der Waals surface area contributed by atoms with Gasteiger partial charge in [0.15, 0.2) is 11.5 Å². The van der Waals surface area contributed by atoms with Crippen LogP contribution in [0.25, 0.3) is 0 Å². The van der Waals surface area contributed by atoms with Crippen LogP contribution in [0.4, 0.5) is 5.69 Å². The number of rotatable bonds is 3.